The molecule has 1 aromatic rings. The Hall–Kier alpha value is -1.58. The second-order valence-electron chi connectivity index (χ2n) is 3.65. The van der Waals surface area contributed by atoms with E-state index in [0.717, 1.165) is 0 Å². The van der Waals surface area contributed by atoms with Crippen molar-refractivity contribution in [3.8, 4) is 5.75 Å². The number of rotatable bonds is 4. The Morgan fingerprint density at radius 2 is 2.13 bits per heavy atom. The number of ether oxygens (including phenoxy) is 1. The molecular weight excluding hydrogens is 194 g/mol. The number of hydrogen-bond acceptors (Lipinski definition) is 3. The standard InChI is InChI=1S/C11H14NO3/c1-8(2)9(3)15-11-6-4-5-10(7-11)12(13)14/h4-9H,3H2,1-2H3. The maximum absolute atomic E-state index is 10.5. The molecule has 0 spiro atoms. The number of benzene rings is 1. The van der Waals surface area contributed by atoms with Crippen LogP contribution in [-0.2, 0) is 0 Å². The highest BCUT2D eigenvalue weighted by molar-refractivity contribution is 5.38. The molecule has 4 heteroatoms. The van der Waals surface area contributed by atoms with E-state index in [4.69, 9.17) is 4.74 Å². The number of hydrogen-bond donors (Lipinski definition) is 0. The Morgan fingerprint density at radius 1 is 1.47 bits per heavy atom. The molecule has 0 N–H and O–H groups in total. The van der Waals surface area contributed by atoms with E-state index in [1.54, 1.807) is 12.1 Å². The average Bonchev–Trinajstić information content (AvgIpc) is 2.18. The van der Waals surface area contributed by atoms with Gasteiger partial charge in [0.1, 0.15) is 11.9 Å². The largest absolute Gasteiger partial charge is 0.490 e. The van der Waals surface area contributed by atoms with Gasteiger partial charge in [-0.25, -0.2) is 0 Å². The van der Waals surface area contributed by atoms with Gasteiger partial charge in [0, 0.05) is 6.07 Å². The lowest BCUT2D eigenvalue weighted by Crippen LogP contribution is -2.18. The summed E-state index contributed by atoms with van der Waals surface area (Å²) in [5.74, 6) is 0.752. The fraction of sp³-hybridized carbons (Fsp3) is 0.364. The molecule has 0 bridgehead atoms. The van der Waals surface area contributed by atoms with Crippen LogP contribution < -0.4 is 4.74 Å². The van der Waals surface area contributed by atoms with Crippen LogP contribution in [-0.4, -0.2) is 11.0 Å². The molecule has 0 saturated carbocycles. The van der Waals surface area contributed by atoms with Crippen LogP contribution in [0, 0.1) is 23.0 Å². The van der Waals surface area contributed by atoms with Crippen molar-refractivity contribution in [2.24, 2.45) is 5.92 Å². The summed E-state index contributed by atoms with van der Waals surface area (Å²) in [4.78, 5) is 10.1. The Kier molecular flexibility index (Phi) is 3.66. The van der Waals surface area contributed by atoms with Crippen LogP contribution in [0.4, 0.5) is 5.69 Å². The molecule has 0 saturated heterocycles. The van der Waals surface area contributed by atoms with Gasteiger partial charge in [-0.2, -0.15) is 0 Å². The van der Waals surface area contributed by atoms with Crippen molar-refractivity contribution >= 4 is 5.69 Å². The van der Waals surface area contributed by atoms with Crippen LogP contribution in [0.2, 0.25) is 0 Å². The van der Waals surface area contributed by atoms with E-state index < -0.39 is 4.92 Å². The van der Waals surface area contributed by atoms with E-state index in [1.807, 2.05) is 13.8 Å². The summed E-state index contributed by atoms with van der Waals surface area (Å²) in [7, 11) is 0. The normalized spacial score (nSPS) is 12.5. The number of non-ortho nitro benzene ring substituents is 1. The summed E-state index contributed by atoms with van der Waals surface area (Å²) in [5.41, 5.74) is 0.0310. The molecule has 0 heterocycles. The van der Waals surface area contributed by atoms with Crippen LogP contribution in [0.25, 0.3) is 0 Å². The molecule has 0 aromatic heterocycles. The monoisotopic (exact) mass is 208 g/mol. The van der Waals surface area contributed by atoms with Crippen LogP contribution >= 0.6 is 0 Å². The molecule has 15 heavy (non-hydrogen) atoms. The molecule has 0 aliphatic rings. The van der Waals surface area contributed by atoms with Gasteiger partial charge < -0.3 is 4.74 Å². The molecule has 81 valence electrons. The molecule has 0 aliphatic heterocycles. The minimum atomic E-state index is -0.444. The van der Waals surface area contributed by atoms with Crippen molar-refractivity contribution in [2.45, 2.75) is 20.0 Å². The van der Waals surface area contributed by atoms with Gasteiger partial charge >= 0.3 is 0 Å². The number of nitrogens with zero attached hydrogens (tertiary/aromatic N) is 1. The minimum absolute atomic E-state index is 0.0310. The lowest BCUT2D eigenvalue weighted by atomic mass is 10.1. The average molecular weight is 208 g/mol. The van der Waals surface area contributed by atoms with Crippen molar-refractivity contribution in [3.05, 3.63) is 41.3 Å². The number of nitro groups is 1. The van der Waals surface area contributed by atoms with Gasteiger partial charge in [0.2, 0.25) is 0 Å². The van der Waals surface area contributed by atoms with Gasteiger partial charge in [-0.05, 0) is 18.9 Å². The first-order chi connectivity index (χ1) is 7.00. The molecule has 4 nitrogen and oxygen atoms in total. The zero-order valence-corrected chi connectivity index (χ0v) is 8.84. The maximum Gasteiger partial charge on any atom is 0.273 e. The van der Waals surface area contributed by atoms with Gasteiger partial charge in [0.15, 0.2) is 0 Å². The summed E-state index contributed by atoms with van der Waals surface area (Å²) < 4.78 is 5.45. The highest BCUT2D eigenvalue weighted by Crippen LogP contribution is 2.21. The van der Waals surface area contributed by atoms with Crippen LogP contribution in [0.15, 0.2) is 24.3 Å². The second-order valence-corrected chi connectivity index (χ2v) is 3.65. The van der Waals surface area contributed by atoms with Gasteiger partial charge in [0.25, 0.3) is 5.69 Å². The van der Waals surface area contributed by atoms with Crippen LogP contribution in [0.5, 0.6) is 5.75 Å². The minimum Gasteiger partial charge on any atom is -0.490 e. The molecule has 1 aromatic carbocycles. The van der Waals surface area contributed by atoms with E-state index in [9.17, 15) is 10.1 Å². The van der Waals surface area contributed by atoms with E-state index in [2.05, 4.69) is 6.92 Å². The first kappa shape index (κ1) is 11.5. The van der Waals surface area contributed by atoms with Crippen LogP contribution in [0.3, 0.4) is 0 Å². The highest BCUT2D eigenvalue weighted by Gasteiger charge is 2.11. The number of nitro benzene ring substituents is 1. The molecule has 1 atom stereocenters. The SMILES string of the molecule is [CH2]C(Oc1cccc([N+](=O)[O-])c1)C(C)C. The third-order valence-electron chi connectivity index (χ3n) is 2.06. The summed E-state index contributed by atoms with van der Waals surface area (Å²) in [6, 6.07) is 6.12. The molecule has 0 fully saturated rings. The molecular formula is C11H14NO3. The molecule has 1 unspecified atom stereocenters. The molecule has 1 rings (SSSR count). The summed E-state index contributed by atoms with van der Waals surface area (Å²) in [5, 5.41) is 10.5. The fourth-order valence-corrected chi connectivity index (χ4v) is 0.981. The van der Waals surface area contributed by atoms with Crippen molar-refractivity contribution < 1.29 is 9.66 Å². The quantitative estimate of drug-likeness (QED) is 0.564. The molecule has 0 amide bonds. The van der Waals surface area contributed by atoms with Crippen molar-refractivity contribution in [2.75, 3.05) is 0 Å². The predicted molar refractivity (Wildman–Crippen MR) is 57.7 cm³/mol. The summed E-state index contributed by atoms with van der Waals surface area (Å²) in [6.45, 7) is 7.78. The van der Waals surface area contributed by atoms with Gasteiger partial charge in [0.05, 0.1) is 11.0 Å². The Balaban J connectivity index is 2.78. The maximum atomic E-state index is 10.5. The van der Waals surface area contributed by atoms with Gasteiger partial charge in [-0.15, -0.1) is 0 Å². The topological polar surface area (TPSA) is 52.4 Å². The van der Waals surface area contributed by atoms with E-state index in [1.165, 1.54) is 12.1 Å². The Labute approximate surface area is 89.0 Å². The first-order valence-electron chi connectivity index (χ1n) is 4.75. The molecule has 1 radical (unpaired) electrons. The van der Waals surface area contributed by atoms with E-state index in [0.29, 0.717) is 5.75 Å². The van der Waals surface area contributed by atoms with Gasteiger partial charge in [-0.1, -0.05) is 19.9 Å². The predicted octanol–water partition coefficient (Wildman–Crippen LogP) is 2.83. The van der Waals surface area contributed by atoms with Crippen molar-refractivity contribution in [1.82, 2.24) is 0 Å². The highest BCUT2D eigenvalue weighted by atomic mass is 16.6. The van der Waals surface area contributed by atoms with Crippen molar-refractivity contribution in [3.63, 3.8) is 0 Å². The third-order valence-corrected chi connectivity index (χ3v) is 2.06. The Morgan fingerprint density at radius 3 is 2.67 bits per heavy atom. The lowest BCUT2D eigenvalue weighted by molar-refractivity contribution is -0.384. The van der Waals surface area contributed by atoms with Gasteiger partial charge in [-0.3, -0.25) is 10.1 Å². The zero-order valence-electron chi connectivity index (χ0n) is 8.84. The van der Waals surface area contributed by atoms with Crippen molar-refractivity contribution in [1.29, 1.82) is 0 Å². The zero-order chi connectivity index (χ0) is 11.4. The van der Waals surface area contributed by atoms with Crippen LogP contribution in [0.1, 0.15) is 13.8 Å². The Bertz CT molecular complexity index is 349. The van der Waals surface area contributed by atoms with E-state index >= 15 is 0 Å². The summed E-state index contributed by atoms with van der Waals surface area (Å²) >= 11 is 0. The third kappa shape index (κ3) is 3.23. The smallest absolute Gasteiger partial charge is 0.273 e. The first-order valence-corrected chi connectivity index (χ1v) is 4.75. The molecule has 0 aliphatic carbocycles. The fourth-order valence-electron chi connectivity index (χ4n) is 0.981. The lowest BCUT2D eigenvalue weighted by Gasteiger charge is -2.17. The summed E-state index contributed by atoms with van der Waals surface area (Å²) in [6.07, 6.45) is -0.202. The van der Waals surface area contributed by atoms with E-state index in [-0.39, 0.29) is 17.7 Å². The second kappa shape index (κ2) is 4.77.